The van der Waals surface area contributed by atoms with Crippen molar-refractivity contribution in [1.29, 1.82) is 0 Å². The van der Waals surface area contributed by atoms with Crippen molar-refractivity contribution in [3.05, 3.63) is 15.8 Å². The zero-order valence-corrected chi connectivity index (χ0v) is 15.1. The third-order valence-corrected chi connectivity index (χ3v) is 7.52. The van der Waals surface area contributed by atoms with Gasteiger partial charge in [0.1, 0.15) is 6.04 Å². The van der Waals surface area contributed by atoms with Crippen LogP contribution in [0.3, 0.4) is 0 Å². The Morgan fingerprint density at radius 3 is 2.57 bits per heavy atom. The molecule has 2 fully saturated rings. The van der Waals surface area contributed by atoms with Crippen molar-refractivity contribution in [2.75, 3.05) is 32.8 Å². The Morgan fingerprint density at radius 1 is 1.26 bits per heavy atom. The Bertz CT molecular complexity index is 692. The summed E-state index contributed by atoms with van der Waals surface area (Å²) >= 11 is 1.47. The number of ether oxygens (including phenoxy) is 1. The minimum absolute atomic E-state index is 0.0843. The number of hydrogen-bond donors (Lipinski definition) is 0. The largest absolute Gasteiger partial charge is 0.378 e. The van der Waals surface area contributed by atoms with Crippen molar-refractivity contribution in [1.82, 2.24) is 9.21 Å². The van der Waals surface area contributed by atoms with E-state index in [1.165, 1.54) is 15.6 Å². The van der Waals surface area contributed by atoms with Crippen LogP contribution < -0.4 is 0 Å². The van der Waals surface area contributed by atoms with Crippen LogP contribution in [0.2, 0.25) is 0 Å². The van der Waals surface area contributed by atoms with Crippen LogP contribution in [0.5, 0.6) is 0 Å². The van der Waals surface area contributed by atoms with Crippen molar-refractivity contribution >= 4 is 27.3 Å². The first-order valence-electron chi connectivity index (χ1n) is 7.86. The first-order valence-corrected chi connectivity index (χ1v) is 10.1. The lowest BCUT2D eigenvalue weighted by molar-refractivity contribution is -0.138. The van der Waals surface area contributed by atoms with Crippen LogP contribution in [0, 0.1) is 13.8 Å². The normalized spacial score (nSPS) is 23.4. The first kappa shape index (κ1) is 16.9. The summed E-state index contributed by atoms with van der Waals surface area (Å²) in [7, 11) is -3.62. The Labute approximate surface area is 141 Å². The molecule has 0 saturated carbocycles. The summed E-state index contributed by atoms with van der Waals surface area (Å²) in [4.78, 5) is 16.6. The first-order chi connectivity index (χ1) is 10.9. The maximum atomic E-state index is 13.0. The van der Waals surface area contributed by atoms with Crippen LogP contribution in [-0.4, -0.2) is 62.4 Å². The molecule has 0 aliphatic carbocycles. The quantitative estimate of drug-likeness (QED) is 0.819. The van der Waals surface area contributed by atoms with Crippen molar-refractivity contribution in [2.45, 2.75) is 37.6 Å². The maximum Gasteiger partial charge on any atom is 0.244 e. The number of morpholine rings is 1. The Morgan fingerprint density at radius 2 is 1.96 bits per heavy atom. The highest BCUT2D eigenvalue weighted by Crippen LogP contribution is 2.32. The van der Waals surface area contributed by atoms with E-state index in [1.54, 1.807) is 11.0 Å². The molecule has 2 saturated heterocycles. The molecule has 1 atom stereocenters. The van der Waals surface area contributed by atoms with E-state index in [4.69, 9.17) is 4.74 Å². The molecule has 6 nitrogen and oxygen atoms in total. The van der Waals surface area contributed by atoms with Crippen LogP contribution >= 0.6 is 11.3 Å². The molecule has 23 heavy (non-hydrogen) atoms. The molecule has 1 aromatic rings. The molecule has 3 rings (SSSR count). The molecule has 0 aromatic carbocycles. The van der Waals surface area contributed by atoms with E-state index in [9.17, 15) is 13.2 Å². The highest BCUT2D eigenvalue weighted by Gasteiger charge is 2.42. The number of sulfonamides is 1. The average Bonchev–Trinajstić information content (AvgIpc) is 3.14. The van der Waals surface area contributed by atoms with Gasteiger partial charge >= 0.3 is 0 Å². The molecule has 2 aliphatic rings. The summed E-state index contributed by atoms with van der Waals surface area (Å²) in [6, 6.07) is 1.14. The van der Waals surface area contributed by atoms with Gasteiger partial charge in [0.2, 0.25) is 15.9 Å². The van der Waals surface area contributed by atoms with Crippen LogP contribution in [0.4, 0.5) is 0 Å². The van der Waals surface area contributed by atoms with Crippen molar-refractivity contribution in [3.8, 4) is 0 Å². The number of aryl methyl sites for hydroxylation is 2. The SMILES string of the molecule is Cc1cc(S(=O)(=O)N2CCC[C@H]2C(=O)N2CCOCC2)c(C)s1. The summed E-state index contributed by atoms with van der Waals surface area (Å²) in [5.41, 5.74) is 0. The summed E-state index contributed by atoms with van der Waals surface area (Å²) in [5, 5.41) is 0. The predicted molar refractivity (Wildman–Crippen MR) is 88.1 cm³/mol. The Hall–Kier alpha value is -0.960. The van der Waals surface area contributed by atoms with Crippen molar-refractivity contribution < 1.29 is 17.9 Å². The van der Waals surface area contributed by atoms with Gasteiger partial charge in [-0.3, -0.25) is 4.79 Å². The second-order valence-corrected chi connectivity index (χ2v) is 9.31. The van der Waals surface area contributed by atoms with E-state index < -0.39 is 16.1 Å². The van der Waals surface area contributed by atoms with Crippen molar-refractivity contribution in [2.24, 2.45) is 0 Å². The molecule has 0 spiro atoms. The summed E-state index contributed by atoms with van der Waals surface area (Å²) in [6.45, 7) is 6.26. The minimum atomic E-state index is -3.62. The van der Waals surface area contributed by atoms with Crippen LogP contribution in [0.25, 0.3) is 0 Å². The highest BCUT2D eigenvalue weighted by atomic mass is 32.2. The highest BCUT2D eigenvalue weighted by molar-refractivity contribution is 7.89. The fraction of sp³-hybridized carbons (Fsp3) is 0.667. The smallest absolute Gasteiger partial charge is 0.244 e. The molecule has 2 aliphatic heterocycles. The van der Waals surface area contributed by atoms with Gasteiger partial charge in [-0.1, -0.05) is 0 Å². The number of rotatable bonds is 3. The molecule has 1 aromatic heterocycles. The van der Waals surface area contributed by atoms with Gasteiger partial charge in [-0.05, 0) is 32.8 Å². The van der Waals surface area contributed by atoms with Crippen LogP contribution in [0.1, 0.15) is 22.6 Å². The zero-order valence-electron chi connectivity index (χ0n) is 13.4. The second kappa shape index (κ2) is 6.51. The van der Waals surface area contributed by atoms with E-state index in [0.29, 0.717) is 44.2 Å². The summed E-state index contributed by atoms with van der Waals surface area (Å²) in [5.74, 6) is -0.0843. The molecule has 0 N–H and O–H groups in total. The Balaban J connectivity index is 1.86. The van der Waals surface area contributed by atoms with Gasteiger partial charge in [0, 0.05) is 29.4 Å². The number of amides is 1. The van der Waals surface area contributed by atoms with Gasteiger partial charge in [-0.25, -0.2) is 8.42 Å². The van der Waals surface area contributed by atoms with Crippen LogP contribution in [0.15, 0.2) is 11.0 Å². The van der Waals surface area contributed by atoms with E-state index in [-0.39, 0.29) is 5.91 Å². The minimum Gasteiger partial charge on any atom is -0.378 e. The zero-order chi connectivity index (χ0) is 16.6. The molecule has 128 valence electrons. The topological polar surface area (TPSA) is 66.9 Å². The lowest BCUT2D eigenvalue weighted by atomic mass is 10.2. The lowest BCUT2D eigenvalue weighted by Crippen LogP contribution is -2.50. The average molecular weight is 358 g/mol. The van der Waals surface area contributed by atoms with Gasteiger partial charge in [0.05, 0.1) is 18.1 Å². The molecule has 0 bridgehead atoms. The fourth-order valence-corrected chi connectivity index (χ4v) is 6.44. The van der Waals surface area contributed by atoms with E-state index >= 15 is 0 Å². The summed E-state index contributed by atoms with van der Waals surface area (Å²) < 4.78 is 32.7. The van der Waals surface area contributed by atoms with Gasteiger partial charge in [-0.15, -0.1) is 11.3 Å². The van der Waals surface area contributed by atoms with Gasteiger partial charge in [0.25, 0.3) is 0 Å². The summed E-state index contributed by atoms with van der Waals surface area (Å²) in [6.07, 6.45) is 1.32. The fourth-order valence-electron chi connectivity index (χ4n) is 3.26. The lowest BCUT2D eigenvalue weighted by Gasteiger charge is -2.32. The van der Waals surface area contributed by atoms with E-state index in [1.807, 2.05) is 13.8 Å². The van der Waals surface area contributed by atoms with E-state index in [2.05, 4.69) is 0 Å². The van der Waals surface area contributed by atoms with Gasteiger partial charge in [0.15, 0.2) is 0 Å². The third-order valence-electron chi connectivity index (χ3n) is 4.39. The van der Waals surface area contributed by atoms with Crippen LogP contribution in [-0.2, 0) is 19.6 Å². The molecule has 3 heterocycles. The molecule has 0 radical (unpaired) electrons. The number of carbonyl (C=O) groups is 1. The molecule has 0 unspecified atom stereocenters. The molecular weight excluding hydrogens is 336 g/mol. The monoisotopic (exact) mass is 358 g/mol. The number of carbonyl (C=O) groups excluding carboxylic acids is 1. The predicted octanol–water partition coefficient (Wildman–Crippen LogP) is 1.38. The second-order valence-electron chi connectivity index (χ2n) is 5.99. The maximum absolute atomic E-state index is 13.0. The van der Waals surface area contributed by atoms with Gasteiger partial charge < -0.3 is 9.64 Å². The standard InChI is InChI=1S/C15H22N2O4S2/c1-11-10-14(12(2)22-11)23(19,20)17-5-3-4-13(17)15(18)16-6-8-21-9-7-16/h10,13H,3-9H2,1-2H3/t13-/m0/s1. The van der Waals surface area contributed by atoms with Crippen molar-refractivity contribution in [3.63, 3.8) is 0 Å². The Kier molecular flexibility index (Phi) is 4.78. The van der Waals surface area contributed by atoms with E-state index in [0.717, 1.165) is 16.2 Å². The number of hydrogen-bond acceptors (Lipinski definition) is 5. The van der Waals surface area contributed by atoms with Gasteiger partial charge in [-0.2, -0.15) is 4.31 Å². The third kappa shape index (κ3) is 3.17. The number of thiophene rings is 1. The number of nitrogens with zero attached hydrogens (tertiary/aromatic N) is 2. The molecule has 8 heteroatoms. The molecular formula is C15H22N2O4S2. The molecule has 1 amide bonds.